The summed E-state index contributed by atoms with van der Waals surface area (Å²) in [5, 5.41) is 0. The smallest absolute Gasteiger partial charge is 0.171 e. The van der Waals surface area contributed by atoms with E-state index in [0.717, 1.165) is 0 Å². The fourth-order valence-corrected chi connectivity index (χ4v) is 4.93. The second-order valence-corrected chi connectivity index (χ2v) is 6.13. The fraction of sp³-hybridized carbons (Fsp3) is 1.00. The summed E-state index contributed by atoms with van der Waals surface area (Å²) >= 11 is 0. The van der Waals surface area contributed by atoms with Crippen molar-refractivity contribution in [3.8, 4) is 0 Å². The van der Waals surface area contributed by atoms with E-state index in [1.54, 1.807) is 0 Å². The summed E-state index contributed by atoms with van der Waals surface area (Å²) in [6, 6.07) is 0. The quantitative estimate of drug-likeness (QED) is 0.573. The molecule has 0 aromatic rings. The van der Waals surface area contributed by atoms with Gasteiger partial charge in [0.05, 0.1) is 11.8 Å². The standard InChI is InChI=1S/C12H14F6/c13-11(14,15)9-6-1-5-2-7(4-6)10(8(9)3-5)12(16,17)18/h5-10H,1-4H2. The molecule has 4 rings (SSSR count). The normalized spacial score (nSPS) is 47.7. The highest BCUT2D eigenvalue weighted by Gasteiger charge is 2.66. The van der Waals surface area contributed by atoms with E-state index in [1.165, 1.54) is 0 Å². The van der Waals surface area contributed by atoms with Crippen molar-refractivity contribution in [2.75, 3.05) is 0 Å². The van der Waals surface area contributed by atoms with Crippen molar-refractivity contribution >= 4 is 0 Å². The van der Waals surface area contributed by atoms with Crippen molar-refractivity contribution in [3.05, 3.63) is 0 Å². The van der Waals surface area contributed by atoms with Crippen molar-refractivity contribution in [2.24, 2.45) is 35.5 Å². The minimum absolute atomic E-state index is 0.0935. The van der Waals surface area contributed by atoms with Gasteiger partial charge < -0.3 is 0 Å². The molecule has 18 heavy (non-hydrogen) atoms. The highest BCUT2D eigenvalue weighted by molar-refractivity contribution is 5.05. The summed E-state index contributed by atoms with van der Waals surface area (Å²) in [5.74, 6) is -5.71. The van der Waals surface area contributed by atoms with Gasteiger partial charge in [-0.15, -0.1) is 0 Å². The van der Waals surface area contributed by atoms with E-state index in [1.807, 2.05) is 0 Å². The predicted molar refractivity (Wildman–Crippen MR) is 51.5 cm³/mol. The second-order valence-electron chi connectivity index (χ2n) is 6.13. The van der Waals surface area contributed by atoms with Gasteiger partial charge in [0.15, 0.2) is 0 Å². The van der Waals surface area contributed by atoms with Gasteiger partial charge in [0.25, 0.3) is 0 Å². The van der Waals surface area contributed by atoms with Gasteiger partial charge in [0.2, 0.25) is 0 Å². The first-order chi connectivity index (χ1) is 8.18. The lowest BCUT2D eigenvalue weighted by Crippen LogP contribution is -2.58. The molecule has 6 heteroatoms. The van der Waals surface area contributed by atoms with Gasteiger partial charge in [-0.05, 0) is 49.4 Å². The summed E-state index contributed by atoms with van der Waals surface area (Å²) in [5.41, 5.74) is 0. The Morgan fingerprint density at radius 1 is 0.611 bits per heavy atom. The molecule has 0 aliphatic heterocycles. The van der Waals surface area contributed by atoms with Crippen LogP contribution in [0.25, 0.3) is 0 Å². The van der Waals surface area contributed by atoms with Crippen molar-refractivity contribution in [3.63, 3.8) is 0 Å². The Morgan fingerprint density at radius 2 is 1.06 bits per heavy atom. The molecule has 4 atom stereocenters. The summed E-state index contributed by atoms with van der Waals surface area (Å²) in [6.07, 6.45) is -7.79. The average molecular weight is 272 g/mol. The topological polar surface area (TPSA) is 0 Å². The zero-order chi connectivity index (χ0) is 13.3. The van der Waals surface area contributed by atoms with Crippen LogP contribution in [0.5, 0.6) is 0 Å². The number of alkyl halides is 6. The van der Waals surface area contributed by atoms with Gasteiger partial charge in [-0.25, -0.2) is 0 Å². The first-order valence-electron chi connectivity index (χ1n) is 6.31. The number of hydrogen-bond donors (Lipinski definition) is 0. The lowest BCUT2D eigenvalue weighted by atomic mass is 9.47. The molecule has 0 saturated heterocycles. The predicted octanol–water partition coefficient (Wildman–Crippen LogP) is 4.41. The highest BCUT2D eigenvalue weighted by Crippen LogP contribution is 2.65. The Hall–Kier alpha value is -0.420. The van der Waals surface area contributed by atoms with Crippen LogP contribution in [0, 0.1) is 35.5 Å². The van der Waals surface area contributed by atoms with Gasteiger partial charge in [0, 0.05) is 0 Å². The Morgan fingerprint density at radius 3 is 1.44 bits per heavy atom. The third kappa shape index (κ3) is 1.74. The van der Waals surface area contributed by atoms with Crippen LogP contribution in [0.1, 0.15) is 25.7 Å². The number of hydrogen-bond acceptors (Lipinski definition) is 0. The Bertz CT molecular complexity index is 313. The van der Waals surface area contributed by atoms with E-state index >= 15 is 0 Å². The monoisotopic (exact) mass is 272 g/mol. The Balaban J connectivity index is 1.96. The van der Waals surface area contributed by atoms with Crippen LogP contribution < -0.4 is 0 Å². The van der Waals surface area contributed by atoms with Crippen LogP contribution in [0.15, 0.2) is 0 Å². The lowest BCUT2D eigenvalue weighted by Gasteiger charge is -2.58. The largest absolute Gasteiger partial charge is 0.392 e. The van der Waals surface area contributed by atoms with Gasteiger partial charge in [-0.1, -0.05) is 0 Å². The molecular weight excluding hydrogens is 258 g/mol. The molecule has 0 spiro atoms. The van der Waals surface area contributed by atoms with Gasteiger partial charge in [-0.2, -0.15) is 26.3 Å². The summed E-state index contributed by atoms with van der Waals surface area (Å²) in [7, 11) is 0. The summed E-state index contributed by atoms with van der Waals surface area (Å²) in [4.78, 5) is 0. The number of halogens is 6. The van der Waals surface area contributed by atoms with E-state index in [0.29, 0.717) is 12.8 Å². The minimum Gasteiger partial charge on any atom is -0.171 e. The molecule has 104 valence electrons. The fourth-order valence-electron chi connectivity index (χ4n) is 4.93. The molecule has 0 amide bonds. The maximum Gasteiger partial charge on any atom is 0.392 e. The molecule has 0 aromatic heterocycles. The van der Waals surface area contributed by atoms with Gasteiger partial charge in [-0.3, -0.25) is 0 Å². The molecule has 4 aliphatic rings. The minimum atomic E-state index is -4.48. The van der Waals surface area contributed by atoms with Crippen molar-refractivity contribution in [1.29, 1.82) is 0 Å². The molecule has 0 radical (unpaired) electrons. The average Bonchev–Trinajstić information content (AvgIpc) is 2.10. The van der Waals surface area contributed by atoms with Crippen LogP contribution >= 0.6 is 0 Å². The van der Waals surface area contributed by atoms with Crippen LogP contribution in [0.3, 0.4) is 0 Å². The first-order valence-corrected chi connectivity index (χ1v) is 6.31. The maximum absolute atomic E-state index is 13.0. The Kier molecular flexibility index (Phi) is 2.50. The number of rotatable bonds is 0. The third-order valence-electron chi connectivity index (χ3n) is 5.18. The molecular formula is C12H14F6. The zero-order valence-corrected chi connectivity index (χ0v) is 9.56. The molecule has 0 N–H and O–H groups in total. The Labute approximate surface area is 101 Å². The van der Waals surface area contributed by atoms with E-state index < -0.39 is 41.9 Å². The molecule has 4 saturated carbocycles. The molecule has 4 aliphatic carbocycles. The second kappa shape index (κ2) is 3.57. The molecule has 0 aromatic carbocycles. The summed E-state index contributed by atoms with van der Waals surface area (Å²) in [6.45, 7) is 0. The maximum atomic E-state index is 13.0. The highest BCUT2D eigenvalue weighted by atomic mass is 19.4. The SMILES string of the molecule is FC(F)(F)C1C2CC3CC(C2)C(C(F)(F)F)C1C3. The van der Waals surface area contributed by atoms with Crippen molar-refractivity contribution in [1.82, 2.24) is 0 Å². The van der Waals surface area contributed by atoms with Gasteiger partial charge in [0.1, 0.15) is 0 Å². The van der Waals surface area contributed by atoms with E-state index in [-0.39, 0.29) is 18.8 Å². The first kappa shape index (κ1) is 12.6. The molecule has 0 heterocycles. The molecule has 4 fully saturated rings. The van der Waals surface area contributed by atoms with Crippen LogP contribution in [0.4, 0.5) is 26.3 Å². The third-order valence-corrected chi connectivity index (χ3v) is 5.18. The van der Waals surface area contributed by atoms with Crippen LogP contribution in [-0.4, -0.2) is 12.4 Å². The molecule has 0 nitrogen and oxygen atoms in total. The van der Waals surface area contributed by atoms with Crippen molar-refractivity contribution < 1.29 is 26.3 Å². The lowest BCUT2D eigenvalue weighted by molar-refractivity contribution is -0.298. The zero-order valence-electron chi connectivity index (χ0n) is 9.56. The molecule has 4 unspecified atom stereocenters. The molecule has 4 bridgehead atoms. The van der Waals surface area contributed by atoms with E-state index in [9.17, 15) is 26.3 Å². The van der Waals surface area contributed by atoms with Crippen LogP contribution in [0.2, 0.25) is 0 Å². The van der Waals surface area contributed by atoms with Crippen LogP contribution in [-0.2, 0) is 0 Å². The van der Waals surface area contributed by atoms with Gasteiger partial charge >= 0.3 is 12.4 Å². The van der Waals surface area contributed by atoms with E-state index in [2.05, 4.69) is 0 Å². The van der Waals surface area contributed by atoms with E-state index in [4.69, 9.17) is 0 Å². The van der Waals surface area contributed by atoms with Crippen molar-refractivity contribution in [2.45, 2.75) is 38.0 Å². The summed E-state index contributed by atoms with van der Waals surface area (Å²) < 4.78 is 78.0.